The number of carbonyl (C=O) groups is 7. The maximum atomic E-state index is 14.8. The SMILES string of the molecule is CCCCCC[C@H]1OC[C@@H](C)NC(=O)[C@H](COC2CC3(C2)CN(C(=O)OC(C)(C)C)C3)NC(=O)[C@H](CNC(=O)OCc2ccccc2)NC(=O)[C@H](C2CCCCCC2)NC(=O)[C@H](CCC)N(C)C(=O)[C@@H]1C. The molecule has 0 bridgehead atoms. The predicted molar refractivity (Wildman–Crippen MR) is 268 cm³/mol. The molecule has 5 rings (SSSR count). The van der Waals surface area contributed by atoms with E-state index < -0.39 is 84.1 Å². The van der Waals surface area contributed by atoms with Crippen molar-refractivity contribution < 1.29 is 52.5 Å². The zero-order chi connectivity index (χ0) is 51.7. The molecule has 18 nitrogen and oxygen atoms in total. The summed E-state index contributed by atoms with van der Waals surface area (Å²) in [7, 11) is 1.62. The van der Waals surface area contributed by atoms with E-state index in [1.54, 1.807) is 31.0 Å². The highest BCUT2D eigenvalue weighted by atomic mass is 16.6. The molecule has 1 aromatic rings. The van der Waals surface area contributed by atoms with Gasteiger partial charge in [-0.05, 0) is 77.7 Å². The van der Waals surface area contributed by atoms with Crippen molar-refractivity contribution in [3.05, 3.63) is 35.9 Å². The molecule has 2 saturated heterocycles. The Labute approximate surface area is 421 Å². The molecule has 0 radical (unpaired) electrons. The first-order valence-electron chi connectivity index (χ1n) is 26.5. The Hall–Kier alpha value is -4.97. The van der Waals surface area contributed by atoms with Crippen LogP contribution in [0.1, 0.15) is 150 Å². The van der Waals surface area contributed by atoms with Crippen molar-refractivity contribution >= 4 is 41.7 Å². The Morgan fingerprint density at radius 2 is 1.46 bits per heavy atom. The van der Waals surface area contributed by atoms with E-state index in [2.05, 4.69) is 33.5 Å². The molecule has 398 valence electrons. The number of ether oxygens (including phenoxy) is 4. The monoisotopic (exact) mass is 996 g/mol. The van der Waals surface area contributed by atoms with Crippen molar-refractivity contribution in [2.75, 3.05) is 39.9 Å². The number of unbranched alkanes of at least 4 members (excludes halogenated alkanes) is 3. The molecule has 7 amide bonds. The number of rotatable bonds is 15. The lowest BCUT2D eigenvalue weighted by molar-refractivity contribution is -0.154. The van der Waals surface area contributed by atoms with E-state index in [1.165, 1.54) is 4.90 Å². The van der Waals surface area contributed by atoms with E-state index in [1.807, 2.05) is 52.8 Å². The zero-order valence-electron chi connectivity index (χ0n) is 43.8. The molecule has 2 heterocycles. The molecular weight excluding hydrogens is 911 g/mol. The normalized spacial score (nSPS) is 26.8. The molecular formula is C53H85N7O11. The van der Waals surface area contributed by atoms with E-state index in [0.717, 1.165) is 56.9 Å². The highest BCUT2D eigenvalue weighted by molar-refractivity contribution is 5.96. The summed E-state index contributed by atoms with van der Waals surface area (Å²) in [6.07, 6.45) is 9.65. The first-order valence-corrected chi connectivity index (χ1v) is 26.5. The molecule has 4 aliphatic rings. The second-order valence-electron chi connectivity index (χ2n) is 21.7. The van der Waals surface area contributed by atoms with Crippen LogP contribution >= 0.6 is 0 Å². The number of amides is 7. The number of nitrogens with one attached hydrogen (secondary N) is 5. The number of hydrogen-bond acceptors (Lipinski definition) is 11. The number of alkyl carbamates (subject to hydrolysis) is 1. The van der Waals surface area contributed by atoms with Gasteiger partial charge in [0, 0.05) is 31.6 Å². The van der Waals surface area contributed by atoms with Crippen LogP contribution in [-0.4, -0.2) is 139 Å². The van der Waals surface area contributed by atoms with Gasteiger partial charge in [-0.15, -0.1) is 0 Å². The molecule has 71 heavy (non-hydrogen) atoms. The summed E-state index contributed by atoms with van der Waals surface area (Å²) in [4.78, 5) is 102. The number of likely N-dealkylation sites (N-methyl/N-ethyl adjacent to an activating group) is 1. The molecule has 1 spiro atoms. The van der Waals surface area contributed by atoms with Crippen LogP contribution in [0.3, 0.4) is 0 Å². The predicted octanol–water partition coefficient (Wildman–Crippen LogP) is 5.89. The quantitative estimate of drug-likeness (QED) is 0.103. The molecule has 7 atom stereocenters. The summed E-state index contributed by atoms with van der Waals surface area (Å²) in [5.74, 6) is -3.62. The van der Waals surface area contributed by atoms with Gasteiger partial charge >= 0.3 is 12.2 Å². The maximum absolute atomic E-state index is 14.8. The molecule has 4 fully saturated rings. The Morgan fingerprint density at radius 3 is 2.11 bits per heavy atom. The zero-order valence-corrected chi connectivity index (χ0v) is 43.8. The fraction of sp³-hybridized carbons (Fsp3) is 0.755. The second-order valence-corrected chi connectivity index (χ2v) is 21.7. The molecule has 2 saturated carbocycles. The number of nitrogens with zero attached hydrogens (tertiary/aromatic N) is 2. The summed E-state index contributed by atoms with van der Waals surface area (Å²) in [6, 6.07) is 3.86. The summed E-state index contributed by atoms with van der Waals surface area (Å²) < 4.78 is 23.8. The average Bonchev–Trinajstić information content (AvgIpc) is 3.59. The van der Waals surface area contributed by atoms with Crippen molar-refractivity contribution in [3.63, 3.8) is 0 Å². The molecule has 2 aliphatic heterocycles. The number of likely N-dealkylation sites (tertiary alicyclic amines) is 1. The Balaban J connectivity index is 1.43. The van der Waals surface area contributed by atoms with Crippen LogP contribution in [0.25, 0.3) is 0 Å². The van der Waals surface area contributed by atoms with Gasteiger partial charge < -0.3 is 55.3 Å². The van der Waals surface area contributed by atoms with Gasteiger partial charge in [0.05, 0.1) is 37.9 Å². The van der Waals surface area contributed by atoms with E-state index in [4.69, 9.17) is 18.9 Å². The fourth-order valence-corrected chi connectivity index (χ4v) is 10.2. The minimum absolute atomic E-state index is 0.0388. The number of hydrogen-bond donors (Lipinski definition) is 5. The molecule has 2 aliphatic carbocycles. The Kier molecular flexibility index (Phi) is 21.8. The van der Waals surface area contributed by atoms with E-state index in [9.17, 15) is 33.6 Å². The van der Waals surface area contributed by atoms with Gasteiger partial charge in [-0.25, -0.2) is 9.59 Å². The molecule has 0 unspecified atom stereocenters. The molecule has 18 heteroatoms. The number of benzene rings is 1. The summed E-state index contributed by atoms with van der Waals surface area (Å²) in [5, 5.41) is 14.3. The van der Waals surface area contributed by atoms with Crippen molar-refractivity contribution in [3.8, 4) is 0 Å². The fourth-order valence-electron chi connectivity index (χ4n) is 10.2. The van der Waals surface area contributed by atoms with E-state index >= 15 is 0 Å². The maximum Gasteiger partial charge on any atom is 0.410 e. The van der Waals surface area contributed by atoms with E-state index in [-0.39, 0.29) is 49.3 Å². The van der Waals surface area contributed by atoms with Gasteiger partial charge in [-0.2, -0.15) is 0 Å². The van der Waals surface area contributed by atoms with Crippen LogP contribution in [0.5, 0.6) is 0 Å². The summed E-state index contributed by atoms with van der Waals surface area (Å²) >= 11 is 0. The third kappa shape index (κ3) is 17.3. The Morgan fingerprint density at radius 1 is 0.803 bits per heavy atom. The van der Waals surface area contributed by atoms with Crippen LogP contribution in [0.15, 0.2) is 30.3 Å². The smallest absolute Gasteiger partial charge is 0.410 e. The third-order valence-electron chi connectivity index (χ3n) is 14.3. The molecule has 0 aromatic heterocycles. The standard InChI is InChI=1S/C53H85N7O11/c1-9-11-12-20-26-43-36(4)49(65)59(8)42(21-10-2)47(63)58-44(38-24-18-13-14-19-25-38)48(64)56-40(29-54-50(66)70-31-37-22-16-15-17-23-37)45(61)57-41(46(62)55-35(3)30-69-43)32-68-39-27-53(28-39)33-60(34-53)51(67)71-52(5,6)7/h15-17,22-23,35-36,38-44H,9-14,18-21,24-34H2,1-8H3,(H,54,66)(H,55,62)(H,56,64)(H,57,61)(H,58,63)/t35-,36-,40+,41+,42+,43-,44+/m1/s1. The van der Waals surface area contributed by atoms with Crippen molar-refractivity contribution in [1.29, 1.82) is 0 Å². The second kappa shape index (κ2) is 27.2. The summed E-state index contributed by atoms with van der Waals surface area (Å²) in [5.41, 5.74) is 0.0178. The highest BCUT2D eigenvalue weighted by Crippen LogP contribution is 2.50. The van der Waals surface area contributed by atoms with Crippen molar-refractivity contribution in [2.45, 2.75) is 199 Å². The lowest BCUT2D eigenvalue weighted by atomic mass is 9.62. The largest absolute Gasteiger partial charge is 0.445 e. The number of carbonyl (C=O) groups excluding carboxylic acids is 7. The third-order valence-corrected chi connectivity index (χ3v) is 14.3. The summed E-state index contributed by atoms with van der Waals surface area (Å²) in [6.45, 7) is 13.6. The van der Waals surface area contributed by atoms with Gasteiger partial charge in [0.1, 0.15) is 36.4 Å². The lowest BCUT2D eigenvalue weighted by Crippen LogP contribution is -2.66. The first-order chi connectivity index (χ1) is 33.8. The van der Waals surface area contributed by atoms with Crippen LogP contribution in [-0.2, 0) is 49.5 Å². The van der Waals surface area contributed by atoms with Gasteiger partial charge in [-0.3, -0.25) is 24.0 Å². The van der Waals surface area contributed by atoms with Crippen LogP contribution in [0, 0.1) is 17.3 Å². The topological polar surface area (TPSA) is 223 Å². The van der Waals surface area contributed by atoms with Gasteiger partial charge in [0.2, 0.25) is 29.5 Å². The highest BCUT2D eigenvalue weighted by Gasteiger charge is 2.55. The van der Waals surface area contributed by atoms with E-state index in [0.29, 0.717) is 58.0 Å². The average molecular weight is 996 g/mol. The van der Waals surface area contributed by atoms with Gasteiger partial charge in [0.15, 0.2) is 0 Å². The Bertz CT molecular complexity index is 1910. The molecule has 5 N–H and O–H groups in total. The van der Waals surface area contributed by atoms with Gasteiger partial charge in [0.25, 0.3) is 0 Å². The van der Waals surface area contributed by atoms with Crippen LogP contribution in [0.4, 0.5) is 9.59 Å². The van der Waals surface area contributed by atoms with Crippen LogP contribution in [0.2, 0.25) is 0 Å². The minimum atomic E-state index is -1.43. The first kappa shape index (κ1) is 56.9. The van der Waals surface area contributed by atoms with Crippen molar-refractivity contribution in [1.82, 2.24) is 36.4 Å². The van der Waals surface area contributed by atoms with Gasteiger partial charge in [-0.1, -0.05) is 109 Å². The lowest BCUT2D eigenvalue weighted by Gasteiger charge is -2.58. The molecule has 1 aromatic carbocycles. The van der Waals surface area contributed by atoms with Crippen molar-refractivity contribution in [2.24, 2.45) is 17.3 Å². The minimum Gasteiger partial charge on any atom is -0.445 e. The van der Waals surface area contributed by atoms with Crippen LogP contribution < -0.4 is 26.6 Å².